The summed E-state index contributed by atoms with van der Waals surface area (Å²) >= 11 is 0. The molecule has 106 valence electrons. The number of hydrogen-bond donors (Lipinski definition) is 6. The summed E-state index contributed by atoms with van der Waals surface area (Å²) in [5.41, 5.74) is -3.77. The molecular formula is C10H18O8. The average Bonchev–Trinajstić information content (AvgIpc) is 2.35. The Balaban J connectivity index is 4.99. The molecule has 0 spiro atoms. The van der Waals surface area contributed by atoms with E-state index in [0.717, 1.165) is 0 Å². The minimum atomic E-state index is -1.88. The fraction of sp³-hybridized carbons (Fsp3) is 0.800. The Morgan fingerprint density at radius 3 is 1.00 bits per heavy atom. The maximum absolute atomic E-state index is 11.0. The van der Waals surface area contributed by atoms with Gasteiger partial charge in [0.15, 0.2) is 0 Å². The van der Waals surface area contributed by atoms with E-state index >= 15 is 0 Å². The van der Waals surface area contributed by atoms with Crippen molar-refractivity contribution in [1.82, 2.24) is 0 Å². The van der Waals surface area contributed by atoms with Crippen LogP contribution in [0.2, 0.25) is 0 Å². The summed E-state index contributed by atoms with van der Waals surface area (Å²) in [6.07, 6.45) is -0.772. The van der Waals surface area contributed by atoms with Crippen molar-refractivity contribution in [2.75, 3.05) is 26.4 Å². The Morgan fingerprint density at radius 1 is 0.667 bits per heavy atom. The molecule has 6 N–H and O–H groups in total. The van der Waals surface area contributed by atoms with E-state index in [4.69, 9.17) is 30.6 Å². The lowest BCUT2D eigenvalue weighted by atomic mass is 9.76. The smallest absolute Gasteiger partial charge is 0.314 e. The number of rotatable bonds is 9. The number of carboxylic acid groups (broad SMARTS) is 2. The summed E-state index contributed by atoms with van der Waals surface area (Å²) < 4.78 is 0. The van der Waals surface area contributed by atoms with E-state index in [2.05, 4.69) is 0 Å². The Morgan fingerprint density at radius 2 is 0.889 bits per heavy atom. The largest absolute Gasteiger partial charge is 0.481 e. The third-order valence-electron chi connectivity index (χ3n) is 3.20. The van der Waals surface area contributed by atoms with Gasteiger partial charge in [-0.3, -0.25) is 9.59 Å². The van der Waals surface area contributed by atoms with Gasteiger partial charge in [-0.15, -0.1) is 0 Å². The van der Waals surface area contributed by atoms with Crippen LogP contribution in [0.4, 0.5) is 0 Å². The van der Waals surface area contributed by atoms with Crippen LogP contribution in [0.1, 0.15) is 12.8 Å². The first-order valence-electron chi connectivity index (χ1n) is 5.24. The number of carboxylic acids is 2. The van der Waals surface area contributed by atoms with Crippen LogP contribution in [0.25, 0.3) is 0 Å². The van der Waals surface area contributed by atoms with Crippen molar-refractivity contribution < 1.29 is 40.2 Å². The molecule has 0 aliphatic heterocycles. The first-order valence-corrected chi connectivity index (χ1v) is 5.24. The van der Waals surface area contributed by atoms with E-state index in [1.165, 1.54) is 0 Å². The zero-order valence-corrected chi connectivity index (χ0v) is 9.74. The van der Waals surface area contributed by atoms with Gasteiger partial charge in [0, 0.05) is 0 Å². The molecule has 0 aliphatic rings. The normalized spacial score (nSPS) is 12.4. The minimum Gasteiger partial charge on any atom is -0.481 e. The summed E-state index contributed by atoms with van der Waals surface area (Å²) in [5.74, 6) is -2.94. The number of hydrogen-bond acceptors (Lipinski definition) is 6. The molecule has 0 fully saturated rings. The number of aliphatic hydroxyl groups is 4. The SMILES string of the molecule is O=C(O)C(CO)(CO)CCC(CO)(CO)C(=O)O. The van der Waals surface area contributed by atoms with E-state index in [9.17, 15) is 9.59 Å². The van der Waals surface area contributed by atoms with E-state index in [0.29, 0.717) is 0 Å². The number of carbonyl (C=O) groups is 2. The van der Waals surface area contributed by atoms with Crippen LogP contribution in [-0.4, -0.2) is 69.0 Å². The number of aliphatic hydroxyl groups excluding tert-OH is 4. The molecule has 0 radical (unpaired) electrons. The van der Waals surface area contributed by atoms with E-state index < -0.39 is 49.2 Å². The van der Waals surface area contributed by atoms with Crippen LogP contribution < -0.4 is 0 Å². The lowest BCUT2D eigenvalue weighted by Gasteiger charge is -2.30. The van der Waals surface area contributed by atoms with Gasteiger partial charge in [0.25, 0.3) is 0 Å². The third-order valence-corrected chi connectivity index (χ3v) is 3.20. The molecular weight excluding hydrogens is 248 g/mol. The summed E-state index contributed by atoms with van der Waals surface area (Å²) in [5, 5.41) is 53.9. The van der Waals surface area contributed by atoms with Gasteiger partial charge in [-0.1, -0.05) is 0 Å². The molecule has 0 unspecified atom stereocenters. The van der Waals surface area contributed by atoms with Crippen LogP contribution in [0, 0.1) is 10.8 Å². The zero-order chi connectivity index (χ0) is 14.4. The molecule has 0 aromatic carbocycles. The van der Waals surface area contributed by atoms with Gasteiger partial charge in [-0.2, -0.15) is 0 Å². The fourth-order valence-corrected chi connectivity index (χ4v) is 1.38. The van der Waals surface area contributed by atoms with Gasteiger partial charge in [0.05, 0.1) is 26.4 Å². The van der Waals surface area contributed by atoms with Crippen molar-refractivity contribution in [2.45, 2.75) is 12.8 Å². The Labute approximate surface area is 103 Å². The molecule has 0 aromatic rings. The molecule has 0 heterocycles. The summed E-state index contributed by atoms with van der Waals surface area (Å²) in [7, 11) is 0. The fourth-order valence-electron chi connectivity index (χ4n) is 1.38. The second kappa shape index (κ2) is 6.64. The maximum atomic E-state index is 11.0. The second-order valence-corrected chi connectivity index (χ2v) is 4.30. The molecule has 0 rings (SSSR count). The van der Waals surface area contributed by atoms with Gasteiger partial charge in [-0.25, -0.2) is 0 Å². The average molecular weight is 266 g/mol. The molecule has 0 saturated carbocycles. The van der Waals surface area contributed by atoms with E-state index in [1.54, 1.807) is 0 Å². The number of aliphatic carboxylic acids is 2. The Bertz CT molecular complexity index is 262. The molecule has 0 amide bonds. The predicted molar refractivity (Wildman–Crippen MR) is 57.7 cm³/mol. The highest BCUT2D eigenvalue weighted by Crippen LogP contribution is 2.31. The van der Waals surface area contributed by atoms with Crippen LogP contribution >= 0.6 is 0 Å². The molecule has 0 atom stereocenters. The van der Waals surface area contributed by atoms with Gasteiger partial charge in [0.2, 0.25) is 0 Å². The van der Waals surface area contributed by atoms with E-state index in [-0.39, 0.29) is 12.8 Å². The third kappa shape index (κ3) is 3.16. The van der Waals surface area contributed by atoms with Crippen LogP contribution in [0.15, 0.2) is 0 Å². The van der Waals surface area contributed by atoms with Crippen molar-refractivity contribution in [2.24, 2.45) is 10.8 Å². The summed E-state index contributed by atoms with van der Waals surface area (Å²) in [6.45, 7) is -3.48. The lowest BCUT2D eigenvalue weighted by Crippen LogP contribution is -2.44. The van der Waals surface area contributed by atoms with Crippen LogP contribution in [-0.2, 0) is 9.59 Å². The van der Waals surface area contributed by atoms with Crippen LogP contribution in [0.5, 0.6) is 0 Å². The molecule has 0 aromatic heterocycles. The first-order chi connectivity index (χ1) is 8.34. The van der Waals surface area contributed by atoms with Gasteiger partial charge in [-0.05, 0) is 12.8 Å². The zero-order valence-electron chi connectivity index (χ0n) is 9.74. The highest BCUT2D eigenvalue weighted by atomic mass is 16.4. The van der Waals surface area contributed by atoms with Crippen molar-refractivity contribution in [3.05, 3.63) is 0 Å². The van der Waals surface area contributed by atoms with Crippen molar-refractivity contribution in [3.63, 3.8) is 0 Å². The topological polar surface area (TPSA) is 156 Å². The molecule has 0 aliphatic carbocycles. The standard InChI is InChI=1S/C10H18O8/c11-3-9(4-12,7(15)16)1-2-10(5-13,6-14)8(17)18/h11-14H,1-6H2,(H,15,16)(H,17,18). The highest BCUT2D eigenvalue weighted by Gasteiger charge is 2.44. The Hall–Kier alpha value is -1.22. The molecule has 8 nitrogen and oxygen atoms in total. The molecule has 0 saturated heterocycles. The monoisotopic (exact) mass is 266 g/mol. The first kappa shape index (κ1) is 16.8. The summed E-state index contributed by atoms with van der Waals surface area (Å²) in [6, 6.07) is 0. The van der Waals surface area contributed by atoms with Crippen LogP contribution in [0.3, 0.4) is 0 Å². The lowest BCUT2D eigenvalue weighted by molar-refractivity contribution is -0.162. The van der Waals surface area contributed by atoms with Crippen molar-refractivity contribution in [3.8, 4) is 0 Å². The van der Waals surface area contributed by atoms with Gasteiger partial charge >= 0.3 is 11.9 Å². The molecule has 18 heavy (non-hydrogen) atoms. The van der Waals surface area contributed by atoms with Crippen molar-refractivity contribution in [1.29, 1.82) is 0 Å². The quantitative estimate of drug-likeness (QED) is 0.276. The maximum Gasteiger partial charge on any atom is 0.314 e. The van der Waals surface area contributed by atoms with Gasteiger partial charge in [0.1, 0.15) is 10.8 Å². The second-order valence-electron chi connectivity index (χ2n) is 4.30. The highest BCUT2D eigenvalue weighted by molar-refractivity contribution is 5.76. The molecule has 0 bridgehead atoms. The Kier molecular flexibility index (Phi) is 6.19. The minimum absolute atomic E-state index is 0.386. The van der Waals surface area contributed by atoms with Crippen molar-refractivity contribution >= 4 is 11.9 Å². The van der Waals surface area contributed by atoms with E-state index in [1.807, 2.05) is 0 Å². The molecule has 8 heteroatoms. The summed E-state index contributed by atoms with van der Waals surface area (Å²) in [4.78, 5) is 21.9. The van der Waals surface area contributed by atoms with Gasteiger partial charge < -0.3 is 30.6 Å². The predicted octanol–water partition coefficient (Wildman–Crippen LogP) is -2.12.